The van der Waals surface area contributed by atoms with Crippen LogP contribution < -0.4 is 10.9 Å². The van der Waals surface area contributed by atoms with Crippen molar-refractivity contribution in [1.29, 1.82) is 0 Å². The van der Waals surface area contributed by atoms with Crippen LogP contribution in [0.15, 0.2) is 59.0 Å². The van der Waals surface area contributed by atoms with E-state index in [9.17, 15) is 9.59 Å². The third-order valence-corrected chi connectivity index (χ3v) is 5.49. The van der Waals surface area contributed by atoms with Crippen LogP contribution in [0.25, 0.3) is 10.9 Å². The lowest BCUT2D eigenvalue weighted by molar-refractivity contribution is -0.113. The molecule has 2 aromatic carbocycles. The summed E-state index contributed by atoms with van der Waals surface area (Å²) in [5.74, 6) is -0.256. The van der Waals surface area contributed by atoms with Crippen LogP contribution in [0.2, 0.25) is 15.1 Å². The Kier molecular flexibility index (Phi) is 6.67. The van der Waals surface area contributed by atoms with Gasteiger partial charge in [0.2, 0.25) is 5.91 Å². The topological polar surface area (TPSA) is 64.0 Å². The average molecular weight is 455 g/mol. The van der Waals surface area contributed by atoms with Gasteiger partial charge in [-0.25, -0.2) is 4.98 Å². The van der Waals surface area contributed by atoms with Gasteiger partial charge in [0.25, 0.3) is 5.56 Å². The van der Waals surface area contributed by atoms with Gasteiger partial charge in [-0.3, -0.25) is 14.2 Å². The summed E-state index contributed by atoms with van der Waals surface area (Å²) in [6, 6.07) is 9.69. The van der Waals surface area contributed by atoms with Crippen molar-refractivity contribution in [3.05, 3.63) is 74.5 Å². The molecule has 1 N–H and O–H groups in total. The Morgan fingerprint density at radius 3 is 2.61 bits per heavy atom. The zero-order chi connectivity index (χ0) is 20.3. The molecule has 0 unspecified atom stereocenters. The SMILES string of the molecule is C=CCn1c(SCC(=O)Nc2ccc(Cl)cc2Cl)nc2cc(Cl)ccc2c1=O. The van der Waals surface area contributed by atoms with Gasteiger partial charge in [0, 0.05) is 16.6 Å². The van der Waals surface area contributed by atoms with Crippen LogP contribution in [0.5, 0.6) is 0 Å². The number of carbonyl (C=O) groups excluding carboxylic acids is 1. The van der Waals surface area contributed by atoms with Crippen LogP contribution in [0.3, 0.4) is 0 Å². The van der Waals surface area contributed by atoms with Gasteiger partial charge in [-0.15, -0.1) is 6.58 Å². The first-order valence-corrected chi connectivity index (χ1v) is 10.2. The van der Waals surface area contributed by atoms with E-state index in [0.717, 1.165) is 11.8 Å². The number of nitrogens with zero attached hydrogens (tertiary/aromatic N) is 2. The van der Waals surface area contributed by atoms with E-state index in [1.54, 1.807) is 42.5 Å². The maximum atomic E-state index is 12.8. The van der Waals surface area contributed by atoms with Crippen molar-refractivity contribution in [1.82, 2.24) is 9.55 Å². The van der Waals surface area contributed by atoms with Crippen molar-refractivity contribution in [2.45, 2.75) is 11.7 Å². The van der Waals surface area contributed by atoms with Gasteiger partial charge >= 0.3 is 0 Å². The molecule has 1 amide bonds. The minimum atomic E-state index is -0.292. The molecular formula is C19H14Cl3N3O2S. The molecule has 9 heteroatoms. The molecule has 0 aliphatic carbocycles. The summed E-state index contributed by atoms with van der Waals surface area (Å²) in [5.41, 5.74) is 0.713. The highest BCUT2D eigenvalue weighted by Gasteiger charge is 2.14. The van der Waals surface area contributed by atoms with Crippen molar-refractivity contribution >= 4 is 69.1 Å². The highest BCUT2D eigenvalue weighted by Crippen LogP contribution is 2.26. The van der Waals surface area contributed by atoms with Gasteiger partial charge in [-0.1, -0.05) is 52.6 Å². The van der Waals surface area contributed by atoms with E-state index in [0.29, 0.717) is 36.8 Å². The third kappa shape index (κ3) is 4.70. The molecular weight excluding hydrogens is 441 g/mol. The number of thioether (sulfide) groups is 1. The van der Waals surface area contributed by atoms with Gasteiger partial charge in [-0.2, -0.15) is 0 Å². The Hall–Kier alpha value is -1.99. The first kappa shape index (κ1) is 20.7. The number of amides is 1. The molecule has 0 spiro atoms. The summed E-state index contributed by atoms with van der Waals surface area (Å²) in [4.78, 5) is 29.6. The Bertz CT molecular complexity index is 1130. The molecule has 0 aliphatic heterocycles. The number of benzene rings is 2. The van der Waals surface area contributed by atoms with Gasteiger partial charge in [0.15, 0.2) is 5.16 Å². The van der Waals surface area contributed by atoms with E-state index in [4.69, 9.17) is 34.8 Å². The van der Waals surface area contributed by atoms with E-state index < -0.39 is 0 Å². The summed E-state index contributed by atoms with van der Waals surface area (Å²) >= 11 is 19.1. The molecule has 3 aromatic rings. The fourth-order valence-corrected chi connectivity index (χ4v) is 3.91. The highest BCUT2D eigenvalue weighted by atomic mass is 35.5. The molecule has 0 aliphatic rings. The van der Waals surface area contributed by atoms with E-state index >= 15 is 0 Å². The molecule has 1 aromatic heterocycles. The fraction of sp³-hybridized carbons (Fsp3) is 0.105. The number of hydrogen-bond acceptors (Lipinski definition) is 4. The summed E-state index contributed by atoms with van der Waals surface area (Å²) < 4.78 is 1.47. The predicted octanol–water partition coefficient (Wildman–Crippen LogP) is 5.27. The second kappa shape index (κ2) is 9.01. The summed E-state index contributed by atoms with van der Waals surface area (Å²) in [7, 11) is 0. The monoisotopic (exact) mass is 453 g/mol. The Labute approximate surface area is 180 Å². The van der Waals surface area contributed by atoms with Gasteiger partial charge in [0.05, 0.1) is 27.4 Å². The van der Waals surface area contributed by atoms with Crippen molar-refractivity contribution in [3.63, 3.8) is 0 Å². The van der Waals surface area contributed by atoms with E-state index in [1.807, 2.05) is 0 Å². The summed E-state index contributed by atoms with van der Waals surface area (Å²) in [6.45, 7) is 3.95. The summed E-state index contributed by atoms with van der Waals surface area (Å²) in [6.07, 6.45) is 1.60. The van der Waals surface area contributed by atoms with Gasteiger partial charge in [-0.05, 0) is 36.4 Å². The first-order chi connectivity index (χ1) is 13.4. The maximum absolute atomic E-state index is 12.8. The number of anilines is 1. The normalized spacial score (nSPS) is 10.8. The molecule has 1 heterocycles. The van der Waals surface area contributed by atoms with Crippen LogP contribution in [0.4, 0.5) is 5.69 Å². The second-order valence-corrected chi connectivity index (χ2v) is 7.94. The molecule has 0 fully saturated rings. The second-order valence-electron chi connectivity index (χ2n) is 5.72. The van der Waals surface area contributed by atoms with Crippen molar-refractivity contribution in [2.24, 2.45) is 0 Å². The van der Waals surface area contributed by atoms with E-state index in [2.05, 4.69) is 16.9 Å². The van der Waals surface area contributed by atoms with Crippen LogP contribution in [-0.4, -0.2) is 21.2 Å². The average Bonchev–Trinajstić information content (AvgIpc) is 2.65. The van der Waals surface area contributed by atoms with Crippen molar-refractivity contribution in [3.8, 4) is 0 Å². The number of fused-ring (bicyclic) bond motifs is 1. The molecule has 5 nitrogen and oxygen atoms in total. The van der Waals surface area contributed by atoms with Crippen LogP contribution in [0, 0.1) is 0 Å². The molecule has 3 rings (SSSR count). The minimum Gasteiger partial charge on any atom is -0.324 e. The number of allylic oxidation sites excluding steroid dienone is 1. The van der Waals surface area contributed by atoms with Crippen LogP contribution in [-0.2, 0) is 11.3 Å². The number of hydrogen-bond donors (Lipinski definition) is 1. The lowest BCUT2D eigenvalue weighted by Crippen LogP contribution is -2.23. The van der Waals surface area contributed by atoms with Crippen molar-refractivity contribution < 1.29 is 4.79 Å². The molecule has 0 saturated carbocycles. The first-order valence-electron chi connectivity index (χ1n) is 8.07. The standard InChI is InChI=1S/C19H14Cl3N3O2S/c1-2-7-25-18(27)13-5-3-12(21)9-16(13)24-19(25)28-10-17(26)23-15-6-4-11(20)8-14(15)22/h2-6,8-9H,1,7,10H2,(H,23,26). The Morgan fingerprint density at radius 1 is 1.18 bits per heavy atom. The van der Waals surface area contributed by atoms with Gasteiger partial charge < -0.3 is 5.32 Å². The van der Waals surface area contributed by atoms with Gasteiger partial charge in [0.1, 0.15) is 0 Å². The number of rotatable bonds is 6. The zero-order valence-electron chi connectivity index (χ0n) is 14.4. The molecule has 0 atom stereocenters. The Balaban J connectivity index is 1.84. The zero-order valence-corrected chi connectivity index (χ0v) is 17.5. The van der Waals surface area contributed by atoms with Crippen molar-refractivity contribution in [2.75, 3.05) is 11.1 Å². The quantitative estimate of drug-likeness (QED) is 0.313. The highest BCUT2D eigenvalue weighted by molar-refractivity contribution is 7.99. The van der Waals surface area contributed by atoms with Crippen LogP contribution in [0.1, 0.15) is 0 Å². The van der Waals surface area contributed by atoms with E-state index in [1.165, 1.54) is 4.57 Å². The largest absolute Gasteiger partial charge is 0.324 e. The number of nitrogens with one attached hydrogen (secondary N) is 1. The minimum absolute atomic E-state index is 0.0363. The number of halogens is 3. The van der Waals surface area contributed by atoms with Crippen LogP contribution >= 0.6 is 46.6 Å². The smallest absolute Gasteiger partial charge is 0.262 e. The third-order valence-electron chi connectivity index (χ3n) is 3.73. The predicted molar refractivity (Wildman–Crippen MR) is 117 cm³/mol. The maximum Gasteiger partial charge on any atom is 0.262 e. The molecule has 0 saturated heterocycles. The summed E-state index contributed by atoms with van der Waals surface area (Å²) in [5, 5.41) is 4.86. The molecule has 28 heavy (non-hydrogen) atoms. The molecule has 0 radical (unpaired) electrons. The van der Waals surface area contributed by atoms with E-state index in [-0.39, 0.29) is 23.8 Å². The number of carbonyl (C=O) groups is 1. The number of aromatic nitrogens is 2. The lowest BCUT2D eigenvalue weighted by atomic mass is 10.2. The molecule has 0 bridgehead atoms. The lowest BCUT2D eigenvalue weighted by Gasteiger charge is -2.12. The fourth-order valence-electron chi connectivity index (χ4n) is 2.48. The Morgan fingerprint density at radius 2 is 1.89 bits per heavy atom. The molecule has 144 valence electrons.